The Morgan fingerprint density at radius 2 is 2.11 bits per heavy atom. The first-order chi connectivity index (χ1) is 8.74. The quantitative estimate of drug-likeness (QED) is 0.683. The minimum absolute atomic E-state index is 0.856. The number of nitrogens with zero attached hydrogens (tertiary/aromatic N) is 1. The highest BCUT2D eigenvalue weighted by Gasteiger charge is 2.19. The van der Waals surface area contributed by atoms with Gasteiger partial charge < -0.3 is 9.73 Å². The van der Waals surface area contributed by atoms with Gasteiger partial charge in [0.05, 0.1) is 6.54 Å². The van der Waals surface area contributed by atoms with Crippen LogP contribution in [0, 0.1) is 6.92 Å². The topological polar surface area (TPSA) is 28.4 Å². The third-order valence-corrected chi connectivity index (χ3v) is 3.45. The van der Waals surface area contributed by atoms with Crippen LogP contribution >= 0.6 is 0 Å². The first-order valence-electron chi connectivity index (χ1n) is 7.21. The van der Waals surface area contributed by atoms with E-state index in [2.05, 4.69) is 23.3 Å². The SMILES string of the molecule is Cc1ccc(CN(C)CCCCCNC2CC2)o1. The lowest BCUT2D eigenvalue weighted by molar-refractivity contribution is 0.285. The van der Waals surface area contributed by atoms with E-state index in [1.807, 2.05) is 13.0 Å². The van der Waals surface area contributed by atoms with E-state index in [0.29, 0.717) is 0 Å². The summed E-state index contributed by atoms with van der Waals surface area (Å²) in [6.07, 6.45) is 6.70. The Balaban J connectivity index is 1.47. The summed E-state index contributed by atoms with van der Waals surface area (Å²) >= 11 is 0. The number of hydrogen-bond acceptors (Lipinski definition) is 3. The number of unbranched alkanes of at least 4 members (excludes halogenated alkanes) is 2. The maximum Gasteiger partial charge on any atom is 0.118 e. The van der Waals surface area contributed by atoms with E-state index in [4.69, 9.17) is 4.42 Å². The van der Waals surface area contributed by atoms with Crippen molar-refractivity contribution in [1.29, 1.82) is 0 Å². The van der Waals surface area contributed by atoms with Crippen molar-refractivity contribution in [2.24, 2.45) is 0 Å². The average Bonchev–Trinajstić information content (AvgIpc) is 3.07. The Morgan fingerprint density at radius 3 is 2.78 bits per heavy atom. The lowest BCUT2D eigenvalue weighted by Gasteiger charge is -2.14. The summed E-state index contributed by atoms with van der Waals surface area (Å²) in [5, 5.41) is 3.56. The Morgan fingerprint density at radius 1 is 1.28 bits per heavy atom. The predicted molar refractivity (Wildman–Crippen MR) is 74.7 cm³/mol. The van der Waals surface area contributed by atoms with Crippen molar-refractivity contribution in [2.75, 3.05) is 20.1 Å². The molecule has 1 saturated carbocycles. The summed E-state index contributed by atoms with van der Waals surface area (Å²) < 4.78 is 5.58. The fourth-order valence-electron chi connectivity index (χ4n) is 2.19. The number of aryl methyl sites for hydroxylation is 1. The minimum Gasteiger partial charge on any atom is -0.465 e. The minimum atomic E-state index is 0.856. The molecule has 1 heterocycles. The van der Waals surface area contributed by atoms with Gasteiger partial charge in [0, 0.05) is 6.04 Å². The van der Waals surface area contributed by atoms with E-state index in [0.717, 1.165) is 30.7 Å². The van der Waals surface area contributed by atoms with Crippen molar-refractivity contribution >= 4 is 0 Å². The van der Waals surface area contributed by atoms with Gasteiger partial charge in [-0.05, 0) is 64.9 Å². The van der Waals surface area contributed by atoms with Crippen LogP contribution in [-0.2, 0) is 6.54 Å². The molecule has 0 unspecified atom stereocenters. The molecule has 0 bridgehead atoms. The molecule has 0 amide bonds. The molecule has 102 valence electrons. The van der Waals surface area contributed by atoms with Crippen LogP contribution in [0.3, 0.4) is 0 Å². The van der Waals surface area contributed by atoms with E-state index in [9.17, 15) is 0 Å². The van der Waals surface area contributed by atoms with Gasteiger partial charge in [-0.2, -0.15) is 0 Å². The van der Waals surface area contributed by atoms with E-state index < -0.39 is 0 Å². The van der Waals surface area contributed by atoms with Crippen molar-refractivity contribution in [3.8, 4) is 0 Å². The van der Waals surface area contributed by atoms with Crippen LogP contribution in [0.5, 0.6) is 0 Å². The number of hydrogen-bond donors (Lipinski definition) is 1. The average molecular weight is 250 g/mol. The van der Waals surface area contributed by atoms with Gasteiger partial charge in [-0.3, -0.25) is 4.90 Å². The molecular weight excluding hydrogens is 224 g/mol. The highest BCUT2D eigenvalue weighted by Crippen LogP contribution is 2.18. The smallest absolute Gasteiger partial charge is 0.118 e. The standard InChI is InChI=1S/C15H26N2O/c1-13-6-9-15(18-13)12-17(2)11-5-3-4-10-16-14-7-8-14/h6,9,14,16H,3-5,7-8,10-12H2,1-2H3. The van der Waals surface area contributed by atoms with Crippen LogP contribution in [0.25, 0.3) is 0 Å². The lowest BCUT2D eigenvalue weighted by Crippen LogP contribution is -2.20. The Kier molecular flexibility index (Phi) is 5.26. The van der Waals surface area contributed by atoms with Crippen LogP contribution in [0.1, 0.15) is 43.6 Å². The summed E-state index contributed by atoms with van der Waals surface area (Å²) in [6.45, 7) is 5.28. The highest BCUT2D eigenvalue weighted by atomic mass is 16.3. The van der Waals surface area contributed by atoms with Gasteiger partial charge >= 0.3 is 0 Å². The van der Waals surface area contributed by atoms with Gasteiger partial charge in [0.1, 0.15) is 11.5 Å². The zero-order valence-corrected chi connectivity index (χ0v) is 11.7. The molecule has 1 fully saturated rings. The lowest BCUT2D eigenvalue weighted by atomic mass is 10.2. The second-order valence-corrected chi connectivity index (χ2v) is 5.54. The maximum absolute atomic E-state index is 5.58. The molecule has 18 heavy (non-hydrogen) atoms. The molecule has 0 aliphatic heterocycles. The Labute approximate surface area is 111 Å². The van der Waals surface area contributed by atoms with E-state index in [-0.39, 0.29) is 0 Å². The summed E-state index contributed by atoms with van der Waals surface area (Å²) in [5.41, 5.74) is 0. The largest absolute Gasteiger partial charge is 0.465 e. The zero-order valence-electron chi connectivity index (χ0n) is 11.7. The molecule has 0 aromatic carbocycles. The molecule has 2 rings (SSSR count). The molecular formula is C15H26N2O. The van der Waals surface area contributed by atoms with Gasteiger partial charge in [0.2, 0.25) is 0 Å². The first kappa shape index (κ1) is 13.6. The molecule has 3 heteroatoms. The van der Waals surface area contributed by atoms with Crippen molar-refractivity contribution < 1.29 is 4.42 Å². The van der Waals surface area contributed by atoms with Crippen molar-refractivity contribution in [3.63, 3.8) is 0 Å². The van der Waals surface area contributed by atoms with Gasteiger partial charge in [0.25, 0.3) is 0 Å². The number of rotatable bonds is 9. The number of nitrogens with one attached hydrogen (secondary N) is 1. The zero-order chi connectivity index (χ0) is 12.8. The Hall–Kier alpha value is -0.800. The summed E-state index contributed by atoms with van der Waals surface area (Å²) in [5.74, 6) is 2.08. The van der Waals surface area contributed by atoms with Crippen LogP contribution in [0.4, 0.5) is 0 Å². The molecule has 0 spiro atoms. The highest BCUT2D eigenvalue weighted by molar-refractivity contribution is 5.05. The summed E-state index contributed by atoms with van der Waals surface area (Å²) in [4.78, 5) is 2.34. The molecule has 1 aromatic rings. The molecule has 1 N–H and O–H groups in total. The first-order valence-corrected chi connectivity index (χ1v) is 7.21. The molecule has 0 atom stereocenters. The molecule has 0 radical (unpaired) electrons. The second kappa shape index (κ2) is 6.95. The molecule has 1 aliphatic carbocycles. The van der Waals surface area contributed by atoms with Crippen molar-refractivity contribution in [2.45, 2.75) is 51.6 Å². The van der Waals surface area contributed by atoms with E-state index >= 15 is 0 Å². The van der Waals surface area contributed by atoms with Gasteiger partial charge in [-0.25, -0.2) is 0 Å². The third kappa shape index (κ3) is 5.23. The molecule has 1 aromatic heterocycles. The fraction of sp³-hybridized carbons (Fsp3) is 0.733. The van der Waals surface area contributed by atoms with Crippen LogP contribution in [-0.4, -0.2) is 31.1 Å². The molecule has 1 aliphatic rings. The summed E-state index contributed by atoms with van der Waals surface area (Å²) in [6, 6.07) is 4.97. The van der Waals surface area contributed by atoms with Crippen LogP contribution in [0.15, 0.2) is 16.5 Å². The summed E-state index contributed by atoms with van der Waals surface area (Å²) in [7, 11) is 2.17. The van der Waals surface area contributed by atoms with Gasteiger partial charge in [-0.15, -0.1) is 0 Å². The fourth-order valence-corrected chi connectivity index (χ4v) is 2.19. The van der Waals surface area contributed by atoms with Gasteiger partial charge in [-0.1, -0.05) is 6.42 Å². The Bertz CT molecular complexity index is 344. The molecule has 3 nitrogen and oxygen atoms in total. The maximum atomic E-state index is 5.58. The van der Waals surface area contributed by atoms with Gasteiger partial charge in [0.15, 0.2) is 0 Å². The third-order valence-electron chi connectivity index (χ3n) is 3.45. The monoisotopic (exact) mass is 250 g/mol. The van der Waals surface area contributed by atoms with Crippen molar-refractivity contribution in [1.82, 2.24) is 10.2 Å². The second-order valence-electron chi connectivity index (χ2n) is 5.54. The number of furan rings is 1. The van der Waals surface area contributed by atoms with Crippen molar-refractivity contribution in [3.05, 3.63) is 23.7 Å². The van der Waals surface area contributed by atoms with E-state index in [1.165, 1.54) is 38.6 Å². The molecule has 0 saturated heterocycles. The predicted octanol–water partition coefficient (Wildman–Crippen LogP) is 2.94. The van der Waals surface area contributed by atoms with Crippen LogP contribution < -0.4 is 5.32 Å². The van der Waals surface area contributed by atoms with Crippen LogP contribution in [0.2, 0.25) is 0 Å². The van der Waals surface area contributed by atoms with E-state index in [1.54, 1.807) is 0 Å². The normalized spacial score (nSPS) is 15.5.